The van der Waals surface area contributed by atoms with Gasteiger partial charge in [-0.3, -0.25) is 9.59 Å². The SMILES string of the molecule is CC(C)CN(Cc1ncc[nH]1)C(=O)c1coc2ccccc2c1=O. The highest BCUT2D eigenvalue weighted by Crippen LogP contribution is 2.13. The highest BCUT2D eigenvalue weighted by Gasteiger charge is 2.22. The number of imidazole rings is 1. The maximum absolute atomic E-state index is 12.9. The Labute approximate surface area is 139 Å². The molecule has 6 nitrogen and oxygen atoms in total. The summed E-state index contributed by atoms with van der Waals surface area (Å²) in [5.74, 6) is 0.588. The molecule has 0 radical (unpaired) electrons. The van der Waals surface area contributed by atoms with Crippen LogP contribution in [0.5, 0.6) is 0 Å². The fourth-order valence-electron chi connectivity index (χ4n) is 2.62. The van der Waals surface area contributed by atoms with Crippen LogP contribution in [0, 0.1) is 5.92 Å². The van der Waals surface area contributed by atoms with Crippen LogP contribution in [0.2, 0.25) is 0 Å². The van der Waals surface area contributed by atoms with E-state index in [0.29, 0.717) is 29.9 Å². The molecule has 124 valence electrons. The van der Waals surface area contributed by atoms with Crippen molar-refractivity contribution in [1.29, 1.82) is 0 Å². The van der Waals surface area contributed by atoms with Crippen molar-refractivity contribution in [2.24, 2.45) is 5.92 Å². The number of carbonyl (C=O) groups excluding carboxylic acids is 1. The van der Waals surface area contributed by atoms with Gasteiger partial charge in [0.15, 0.2) is 0 Å². The van der Waals surface area contributed by atoms with E-state index in [2.05, 4.69) is 9.97 Å². The maximum Gasteiger partial charge on any atom is 0.261 e. The molecule has 3 rings (SSSR count). The van der Waals surface area contributed by atoms with Gasteiger partial charge in [0.25, 0.3) is 5.91 Å². The molecule has 0 unspecified atom stereocenters. The van der Waals surface area contributed by atoms with E-state index in [1.807, 2.05) is 13.8 Å². The van der Waals surface area contributed by atoms with Crippen LogP contribution in [0.3, 0.4) is 0 Å². The number of benzene rings is 1. The summed E-state index contributed by atoms with van der Waals surface area (Å²) in [6.45, 7) is 4.87. The lowest BCUT2D eigenvalue weighted by atomic mass is 10.1. The summed E-state index contributed by atoms with van der Waals surface area (Å²) in [5, 5.41) is 0.408. The third-order valence-electron chi connectivity index (χ3n) is 3.68. The van der Waals surface area contributed by atoms with Crippen LogP contribution in [-0.4, -0.2) is 27.3 Å². The van der Waals surface area contributed by atoms with E-state index >= 15 is 0 Å². The van der Waals surface area contributed by atoms with Gasteiger partial charge in [-0.1, -0.05) is 26.0 Å². The molecule has 0 saturated heterocycles. The van der Waals surface area contributed by atoms with Gasteiger partial charge in [0.2, 0.25) is 5.43 Å². The second-order valence-corrected chi connectivity index (χ2v) is 6.09. The van der Waals surface area contributed by atoms with Gasteiger partial charge in [0.1, 0.15) is 23.2 Å². The molecule has 1 amide bonds. The number of rotatable bonds is 5. The van der Waals surface area contributed by atoms with Gasteiger partial charge in [-0.2, -0.15) is 0 Å². The lowest BCUT2D eigenvalue weighted by molar-refractivity contribution is 0.0715. The first-order valence-corrected chi connectivity index (χ1v) is 7.84. The molecular formula is C18H19N3O3. The van der Waals surface area contributed by atoms with Gasteiger partial charge in [-0.15, -0.1) is 0 Å². The van der Waals surface area contributed by atoms with E-state index in [9.17, 15) is 9.59 Å². The number of hydrogen-bond acceptors (Lipinski definition) is 4. The Morgan fingerprint density at radius 3 is 2.83 bits per heavy atom. The number of aromatic nitrogens is 2. The molecule has 0 aliphatic carbocycles. The van der Waals surface area contributed by atoms with Crippen molar-refractivity contribution in [1.82, 2.24) is 14.9 Å². The fraction of sp³-hybridized carbons (Fsp3) is 0.278. The number of H-pyrrole nitrogens is 1. The number of para-hydroxylation sites is 1. The van der Waals surface area contributed by atoms with Gasteiger partial charge in [0.05, 0.1) is 11.9 Å². The van der Waals surface area contributed by atoms with Crippen molar-refractivity contribution < 1.29 is 9.21 Å². The largest absolute Gasteiger partial charge is 0.463 e. The summed E-state index contributed by atoms with van der Waals surface area (Å²) < 4.78 is 5.46. The molecule has 3 aromatic rings. The van der Waals surface area contributed by atoms with E-state index in [1.54, 1.807) is 41.6 Å². The Morgan fingerprint density at radius 1 is 1.33 bits per heavy atom. The number of amides is 1. The molecular weight excluding hydrogens is 306 g/mol. The van der Waals surface area contributed by atoms with E-state index in [0.717, 1.165) is 0 Å². The second kappa shape index (κ2) is 6.70. The number of nitrogens with zero attached hydrogens (tertiary/aromatic N) is 2. The average Bonchev–Trinajstić information content (AvgIpc) is 3.07. The Bertz CT molecular complexity index is 897. The Morgan fingerprint density at radius 2 is 2.12 bits per heavy atom. The lowest BCUT2D eigenvalue weighted by Gasteiger charge is -2.23. The van der Waals surface area contributed by atoms with Gasteiger partial charge in [0, 0.05) is 18.9 Å². The topological polar surface area (TPSA) is 79.2 Å². The number of carbonyl (C=O) groups is 1. The van der Waals surface area contributed by atoms with Gasteiger partial charge in [-0.25, -0.2) is 4.98 Å². The van der Waals surface area contributed by atoms with Crippen molar-refractivity contribution in [2.75, 3.05) is 6.54 Å². The predicted molar refractivity (Wildman–Crippen MR) is 90.7 cm³/mol. The van der Waals surface area contributed by atoms with Crippen molar-refractivity contribution in [2.45, 2.75) is 20.4 Å². The highest BCUT2D eigenvalue weighted by molar-refractivity contribution is 5.96. The molecule has 0 aliphatic rings. The summed E-state index contributed by atoms with van der Waals surface area (Å²) in [5.41, 5.74) is 0.205. The summed E-state index contributed by atoms with van der Waals surface area (Å²) in [6, 6.07) is 6.91. The molecule has 0 bridgehead atoms. The first kappa shape index (κ1) is 16.0. The van der Waals surface area contributed by atoms with Crippen LogP contribution >= 0.6 is 0 Å². The van der Waals surface area contributed by atoms with Crippen molar-refractivity contribution >= 4 is 16.9 Å². The molecule has 6 heteroatoms. The van der Waals surface area contributed by atoms with Crippen LogP contribution in [0.4, 0.5) is 0 Å². The summed E-state index contributed by atoms with van der Waals surface area (Å²) >= 11 is 0. The van der Waals surface area contributed by atoms with Gasteiger partial charge >= 0.3 is 0 Å². The Hall–Kier alpha value is -2.89. The van der Waals surface area contributed by atoms with E-state index in [1.165, 1.54) is 6.26 Å². The first-order chi connectivity index (χ1) is 11.6. The summed E-state index contributed by atoms with van der Waals surface area (Å²) in [7, 11) is 0. The number of nitrogens with one attached hydrogen (secondary N) is 1. The highest BCUT2D eigenvalue weighted by atomic mass is 16.3. The van der Waals surface area contributed by atoms with E-state index < -0.39 is 0 Å². The van der Waals surface area contributed by atoms with E-state index in [-0.39, 0.29) is 22.8 Å². The number of hydrogen-bond donors (Lipinski definition) is 1. The van der Waals surface area contributed by atoms with Crippen LogP contribution in [0.1, 0.15) is 30.0 Å². The fourth-order valence-corrected chi connectivity index (χ4v) is 2.62. The van der Waals surface area contributed by atoms with Crippen LogP contribution in [0.25, 0.3) is 11.0 Å². The normalized spacial score (nSPS) is 11.1. The van der Waals surface area contributed by atoms with Crippen LogP contribution < -0.4 is 5.43 Å². The molecule has 0 saturated carbocycles. The molecule has 0 aliphatic heterocycles. The maximum atomic E-state index is 12.9. The monoisotopic (exact) mass is 325 g/mol. The molecule has 2 aromatic heterocycles. The minimum absolute atomic E-state index is 0.0425. The van der Waals surface area contributed by atoms with E-state index in [4.69, 9.17) is 4.42 Å². The third-order valence-corrected chi connectivity index (χ3v) is 3.68. The zero-order valence-corrected chi connectivity index (χ0v) is 13.7. The number of fused-ring (bicyclic) bond motifs is 1. The molecule has 0 fully saturated rings. The second-order valence-electron chi connectivity index (χ2n) is 6.09. The van der Waals surface area contributed by atoms with Crippen molar-refractivity contribution in [3.8, 4) is 0 Å². The molecule has 1 aromatic carbocycles. The standard InChI is InChI=1S/C18H19N3O3/c1-12(2)9-21(10-16-19-7-8-20-16)18(23)14-11-24-15-6-4-3-5-13(15)17(14)22/h3-8,11-12H,9-10H2,1-2H3,(H,19,20). The van der Waals surface area contributed by atoms with Gasteiger partial charge < -0.3 is 14.3 Å². The third kappa shape index (κ3) is 3.22. The van der Waals surface area contributed by atoms with Crippen molar-refractivity contribution in [3.05, 3.63) is 64.5 Å². The molecule has 24 heavy (non-hydrogen) atoms. The zero-order valence-electron chi connectivity index (χ0n) is 13.7. The Kier molecular flexibility index (Phi) is 4.46. The van der Waals surface area contributed by atoms with Crippen molar-refractivity contribution in [3.63, 3.8) is 0 Å². The predicted octanol–water partition coefficient (Wildman–Crippen LogP) is 2.81. The summed E-state index contributed by atoms with van der Waals surface area (Å²) in [4.78, 5) is 34.3. The number of aromatic amines is 1. The lowest BCUT2D eigenvalue weighted by Crippen LogP contribution is -2.36. The molecule has 0 atom stereocenters. The smallest absolute Gasteiger partial charge is 0.261 e. The van der Waals surface area contributed by atoms with Crippen LogP contribution in [0.15, 0.2) is 52.1 Å². The first-order valence-electron chi connectivity index (χ1n) is 7.84. The minimum Gasteiger partial charge on any atom is -0.463 e. The average molecular weight is 325 g/mol. The van der Waals surface area contributed by atoms with Crippen LogP contribution in [-0.2, 0) is 6.54 Å². The molecule has 0 spiro atoms. The molecule has 1 N–H and O–H groups in total. The Balaban J connectivity index is 1.97. The van der Waals surface area contributed by atoms with Gasteiger partial charge in [-0.05, 0) is 18.1 Å². The molecule has 2 heterocycles. The minimum atomic E-state index is -0.348. The summed E-state index contributed by atoms with van der Waals surface area (Å²) in [6.07, 6.45) is 4.60. The zero-order chi connectivity index (χ0) is 17.1. The quantitative estimate of drug-likeness (QED) is 0.782.